The molecule has 0 fully saturated rings. The van der Waals surface area contributed by atoms with E-state index in [1.807, 2.05) is 6.07 Å². The second kappa shape index (κ2) is 8.75. The Hall–Kier alpha value is -3.06. The molecule has 0 spiro atoms. The summed E-state index contributed by atoms with van der Waals surface area (Å²) in [7, 11) is 1.44. The first-order chi connectivity index (χ1) is 13.5. The van der Waals surface area contributed by atoms with Crippen LogP contribution in [0.1, 0.15) is 5.56 Å². The van der Waals surface area contributed by atoms with Gasteiger partial charge < -0.3 is 15.2 Å². The van der Waals surface area contributed by atoms with Gasteiger partial charge in [-0.1, -0.05) is 34.1 Å². The Kier molecular flexibility index (Phi) is 6.16. The minimum absolute atomic E-state index is 0.00892. The predicted octanol–water partition coefficient (Wildman–Crippen LogP) is 5.54. The number of ether oxygens (including phenoxy) is 1. The molecule has 0 radical (unpaired) electrons. The van der Waals surface area contributed by atoms with Gasteiger partial charge in [-0.05, 0) is 42.5 Å². The topological polar surface area (TPSA) is 61.8 Å². The number of para-hydroxylation sites is 1. The lowest BCUT2D eigenvalue weighted by atomic mass is 10.1. The molecule has 28 heavy (non-hydrogen) atoms. The van der Waals surface area contributed by atoms with E-state index < -0.39 is 11.8 Å². The Bertz CT molecular complexity index is 983. The van der Waals surface area contributed by atoms with Crippen molar-refractivity contribution in [3.05, 3.63) is 82.6 Å². The van der Waals surface area contributed by atoms with Crippen LogP contribution in [0.25, 0.3) is 0 Å². The second-order valence-corrected chi connectivity index (χ2v) is 6.89. The van der Waals surface area contributed by atoms with Crippen molar-refractivity contribution in [2.45, 2.75) is 6.54 Å². The van der Waals surface area contributed by atoms with Gasteiger partial charge in [0.2, 0.25) is 0 Å². The summed E-state index contributed by atoms with van der Waals surface area (Å²) in [5, 5.41) is 12.9. The summed E-state index contributed by atoms with van der Waals surface area (Å²) in [5.74, 6) is -0.262. The molecule has 144 valence electrons. The molecule has 0 saturated carbocycles. The quantitative estimate of drug-likeness (QED) is 0.542. The maximum Gasteiger partial charge on any atom is 0.326 e. The minimum atomic E-state index is -0.614. The number of hydrogen-bond acceptors (Lipinski definition) is 3. The molecule has 3 aromatic rings. The summed E-state index contributed by atoms with van der Waals surface area (Å²) in [6.45, 7) is -0.0345. The molecule has 0 heterocycles. The van der Waals surface area contributed by atoms with Gasteiger partial charge >= 0.3 is 6.03 Å². The number of amides is 2. The molecule has 0 aromatic heterocycles. The first-order valence-electron chi connectivity index (χ1n) is 8.42. The van der Waals surface area contributed by atoms with Gasteiger partial charge in [0.05, 0.1) is 19.3 Å². The number of phenols is 1. The Morgan fingerprint density at radius 1 is 1.14 bits per heavy atom. The third kappa shape index (κ3) is 4.61. The third-order valence-corrected chi connectivity index (χ3v) is 4.58. The average molecular weight is 445 g/mol. The van der Waals surface area contributed by atoms with Crippen molar-refractivity contribution >= 4 is 33.3 Å². The smallest absolute Gasteiger partial charge is 0.326 e. The number of urea groups is 1. The first kappa shape index (κ1) is 19.7. The zero-order valence-electron chi connectivity index (χ0n) is 15.0. The van der Waals surface area contributed by atoms with Crippen molar-refractivity contribution in [2.24, 2.45) is 0 Å². The van der Waals surface area contributed by atoms with Crippen LogP contribution in [-0.4, -0.2) is 18.2 Å². The fourth-order valence-corrected chi connectivity index (χ4v) is 3.07. The number of aromatic hydroxyl groups is 1. The summed E-state index contributed by atoms with van der Waals surface area (Å²) in [5.41, 5.74) is 1.10. The van der Waals surface area contributed by atoms with Crippen LogP contribution in [0.15, 0.2) is 71.2 Å². The Labute approximate surface area is 170 Å². The van der Waals surface area contributed by atoms with E-state index in [1.54, 1.807) is 42.5 Å². The number of benzene rings is 3. The third-order valence-electron chi connectivity index (χ3n) is 4.09. The molecular weight excluding hydrogens is 427 g/mol. The molecule has 2 N–H and O–H groups in total. The van der Waals surface area contributed by atoms with Crippen molar-refractivity contribution < 1.29 is 19.0 Å². The van der Waals surface area contributed by atoms with Crippen LogP contribution in [0, 0.1) is 5.82 Å². The van der Waals surface area contributed by atoms with Gasteiger partial charge in [-0.15, -0.1) is 0 Å². The Morgan fingerprint density at radius 2 is 1.89 bits per heavy atom. The maximum absolute atomic E-state index is 14.7. The molecule has 3 aromatic carbocycles. The maximum atomic E-state index is 14.7. The number of halogens is 2. The lowest BCUT2D eigenvalue weighted by Crippen LogP contribution is -2.35. The lowest BCUT2D eigenvalue weighted by molar-refractivity contribution is 0.256. The molecule has 0 aliphatic heterocycles. The average Bonchev–Trinajstić information content (AvgIpc) is 2.69. The summed E-state index contributed by atoms with van der Waals surface area (Å²) in [6, 6.07) is 17.5. The number of hydrogen-bond donors (Lipinski definition) is 2. The molecule has 7 heteroatoms. The SMILES string of the molecule is COc1ccc(N(Cc2cc(Br)ccc2O)C(=O)Nc2ccccc2)c(F)c1. The standard InChI is InChI=1S/C21H18BrFN2O3/c1-28-17-8-9-19(18(23)12-17)25(13-14-11-15(22)7-10-20(14)26)21(27)24-16-5-3-2-4-6-16/h2-12,26H,13H2,1H3,(H,24,27). The van der Waals surface area contributed by atoms with Gasteiger partial charge in [0.25, 0.3) is 0 Å². The van der Waals surface area contributed by atoms with Crippen LogP contribution in [0.4, 0.5) is 20.6 Å². The second-order valence-electron chi connectivity index (χ2n) is 5.97. The molecule has 2 amide bonds. The van der Waals surface area contributed by atoms with Gasteiger partial charge in [-0.2, -0.15) is 0 Å². The molecule has 0 unspecified atom stereocenters. The number of carbonyl (C=O) groups excluding carboxylic acids is 1. The summed E-state index contributed by atoms with van der Waals surface area (Å²) >= 11 is 3.35. The number of carbonyl (C=O) groups is 1. The molecule has 0 aliphatic carbocycles. The van der Waals surface area contributed by atoms with Crippen molar-refractivity contribution in [3.63, 3.8) is 0 Å². The van der Waals surface area contributed by atoms with Crippen LogP contribution in [0.3, 0.4) is 0 Å². The molecule has 0 aliphatic rings. The van der Waals surface area contributed by atoms with E-state index in [2.05, 4.69) is 21.2 Å². The lowest BCUT2D eigenvalue weighted by Gasteiger charge is -2.24. The van der Waals surface area contributed by atoms with E-state index in [0.29, 0.717) is 17.0 Å². The highest BCUT2D eigenvalue weighted by Crippen LogP contribution is 2.29. The van der Waals surface area contributed by atoms with Crippen molar-refractivity contribution in [1.82, 2.24) is 0 Å². The van der Waals surface area contributed by atoms with Crippen molar-refractivity contribution in [3.8, 4) is 11.5 Å². The minimum Gasteiger partial charge on any atom is -0.508 e. The zero-order chi connectivity index (χ0) is 20.1. The molecule has 3 rings (SSSR count). The van der Waals surface area contributed by atoms with E-state index >= 15 is 0 Å². The number of phenolic OH excluding ortho intramolecular Hbond substituents is 1. The molecule has 0 bridgehead atoms. The number of anilines is 2. The van der Waals surface area contributed by atoms with Crippen LogP contribution in [-0.2, 0) is 6.54 Å². The van der Waals surface area contributed by atoms with E-state index in [-0.39, 0.29) is 18.0 Å². The molecule has 0 saturated heterocycles. The van der Waals surface area contributed by atoms with Gasteiger partial charge in [0.1, 0.15) is 11.5 Å². The van der Waals surface area contributed by atoms with Gasteiger partial charge in [0.15, 0.2) is 5.82 Å². The predicted molar refractivity (Wildman–Crippen MR) is 110 cm³/mol. The number of nitrogens with zero attached hydrogens (tertiary/aromatic N) is 1. The zero-order valence-corrected chi connectivity index (χ0v) is 16.6. The molecule has 5 nitrogen and oxygen atoms in total. The van der Waals surface area contributed by atoms with E-state index in [9.17, 15) is 14.3 Å². The monoisotopic (exact) mass is 444 g/mol. The largest absolute Gasteiger partial charge is 0.508 e. The fourth-order valence-electron chi connectivity index (χ4n) is 2.66. The number of nitrogens with one attached hydrogen (secondary N) is 1. The van der Waals surface area contributed by atoms with Gasteiger partial charge in [-0.25, -0.2) is 9.18 Å². The molecule has 0 atom stereocenters. The first-order valence-corrected chi connectivity index (χ1v) is 9.21. The van der Waals surface area contributed by atoms with Crippen molar-refractivity contribution in [2.75, 3.05) is 17.3 Å². The summed E-state index contributed by atoms with van der Waals surface area (Å²) in [4.78, 5) is 14.2. The van der Waals surface area contributed by atoms with Crippen LogP contribution in [0.2, 0.25) is 0 Å². The van der Waals surface area contributed by atoms with Crippen LogP contribution < -0.4 is 15.0 Å². The van der Waals surface area contributed by atoms with Gasteiger partial charge in [0, 0.05) is 21.8 Å². The number of rotatable bonds is 5. The van der Waals surface area contributed by atoms with Crippen molar-refractivity contribution in [1.29, 1.82) is 0 Å². The normalized spacial score (nSPS) is 10.4. The summed E-state index contributed by atoms with van der Waals surface area (Å²) < 4.78 is 20.5. The van der Waals surface area contributed by atoms with E-state index in [4.69, 9.17) is 4.74 Å². The van der Waals surface area contributed by atoms with Crippen LogP contribution >= 0.6 is 15.9 Å². The highest BCUT2D eigenvalue weighted by atomic mass is 79.9. The number of methoxy groups -OCH3 is 1. The van der Waals surface area contributed by atoms with E-state index in [0.717, 1.165) is 4.47 Å². The fraction of sp³-hybridized carbons (Fsp3) is 0.0952. The Balaban J connectivity index is 1.98. The van der Waals surface area contributed by atoms with E-state index in [1.165, 1.54) is 30.2 Å². The highest BCUT2D eigenvalue weighted by molar-refractivity contribution is 9.10. The Morgan fingerprint density at radius 3 is 2.57 bits per heavy atom. The summed E-state index contributed by atoms with van der Waals surface area (Å²) in [6.07, 6.45) is 0. The molecular formula is C21H18BrFN2O3. The highest BCUT2D eigenvalue weighted by Gasteiger charge is 2.22. The van der Waals surface area contributed by atoms with Gasteiger partial charge in [-0.3, -0.25) is 4.90 Å². The van der Waals surface area contributed by atoms with Crippen LogP contribution in [0.5, 0.6) is 11.5 Å².